The minimum Gasteiger partial charge on any atom is -0.372 e. The molecule has 0 aliphatic carbocycles. The van der Waals surface area contributed by atoms with Gasteiger partial charge in [0.15, 0.2) is 0 Å². The molecule has 0 spiro atoms. The summed E-state index contributed by atoms with van der Waals surface area (Å²) in [6.45, 7) is 1.46. The van der Waals surface area contributed by atoms with Crippen LogP contribution in [0.25, 0.3) is 0 Å². The molecule has 2 aromatic rings. The van der Waals surface area contributed by atoms with Gasteiger partial charge in [-0.2, -0.15) is 0 Å². The van der Waals surface area contributed by atoms with E-state index in [-0.39, 0.29) is 18.0 Å². The van der Waals surface area contributed by atoms with Gasteiger partial charge in [0.1, 0.15) is 5.82 Å². The number of hydrogen-bond acceptors (Lipinski definition) is 2. The SMILES string of the molecule is Fc1cc(I)cc(CO[C@H]2CCCN[C@H]2c2ccccc2)c1. The second kappa shape index (κ2) is 7.53. The van der Waals surface area contributed by atoms with E-state index in [0.717, 1.165) is 28.5 Å². The van der Waals surface area contributed by atoms with Gasteiger partial charge in [0.25, 0.3) is 0 Å². The summed E-state index contributed by atoms with van der Waals surface area (Å²) >= 11 is 2.13. The number of benzene rings is 2. The molecule has 1 fully saturated rings. The Bertz CT molecular complexity index is 599. The third kappa shape index (κ3) is 4.06. The second-order valence-electron chi connectivity index (χ2n) is 5.61. The van der Waals surface area contributed by atoms with Crippen molar-refractivity contribution >= 4 is 22.6 Å². The van der Waals surface area contributed by atoms with E-state index in [1.165, 1.54) is 11.6 Å². The van der Waals surface area contributed by atoms with Crippen LogP contribution in [0.4, 0.5) is 4.39 Å². The molecule has 1 saturated heterocycles. The molecule has 116 valence electrons. The molecule has 0 saturated carbocycles. The molecule has 2 nitrogen and oxygen atoms in total. The van der Waals surface area contributed by atoms with Crippen molar-refractivity contribution in [3.05, 3.63) is 69.0 Å². The fraction of sp³-hybridized carbons (Fsp3) is 0.333. The smallest absolute Gasteiger partial charge is 0.124 e. The summed E-state index contributed by atoms with van der Waals surface area (Å²) in [5.74, 6) is -0.202. The number of piperidine rings is 1. The molecule has 1 aliphatic rings. The molecule has 1 aliphatic heterocycles. The lowest BCUT2D eigenvalue weighted by atomic mass is 9.94. The third-order valence-electron chi connectivity index (χ3n) is 3.95. The molecule has 0 bridgehead atoms. The van der Waals surface area contributed by atoms with Gasteiger partial charge in [-0.15, -0.1) is 0 Å². The average Bonchev–Trinajstić information content (AvgIpc) is 2.53. The lowest BCUT2D eigenvalue weighted by Crippen LogP contribution is -2.39. The number of halogens is 2. The zero-order valence-electron chi connectivity index (χ0n) is 12.3. The molecule has 4 heteroatoms. The first-order valence-electron chi connectivity index (χ1n) is 7.57. The van der Waals surface area contributed by atoms with Gasteiger partial charge in [-0.05, 0) is 71.3 Å². The highest BCUT2D eigenvalue weighted by Gasteiger charge is 2.26. The van der Waals surface area contributed by atoms with E-state index in [1.54, 1.807) is 6.07 Å². The zero-order valence-corrected chi connectivity index (χ0v) is 14.4. The molecular formula is C18H19FINO. The molecule has 0 aromatic heterocycles. The Hall–Kier alpha value is -0.980. The third-order valence-corrected chi connectivity index (χ3v) is 4.57. The van der Waals surface area contributed by atoms with Gasteiger partial charge in [0.2, 0.25) is 0 Å². The monoisotopic (exact) mass is 411 g/mol. The van der Waals surface area contributed by atoms with Crippen LogP contribution in [-0.4, -0.2) is 12.6 Å². The highest BCUT2D eigenvalue weighted by Crippen LogP contribution is 2.27. The van der Waals surface area contributed by atoms with Gasteiger partial charge >= 0.3 is 0 Å². The number of hydrogen-bond donors (Lipinski definition) is 1. The molecule has 2 atom stereocenters. The maximum absolute atomic E-state index is 13.5. The van der Waals surface area contributed by atoms with Crippen LogP contribution in [0.15, 0.2) is 48.5 Å². The second-order valence-corrected chi connectivity index (χ2v) is 6.86. The van der Waals surface area contributed by atoms with Gasteiger partial charge in [0, 0.05) is 3.57 Å². The topological polar surface area (TPSA) is 21.3 Å². The molecular weight excluding hydrogens is 392 g/mol. The Labute approximate surface area is 144 Å². The van der Waals surface area contributed by atoms with Crippen LogP contribution in [0.3, 0.4) is 0 Å². The van der Waals surface area contributed by atoms with Gasteiger partial charge in [-0.3, -0.25) is 0 Å². The van der Waals surface area contributed by atoms with Gasteiger partial charge < -0.3 is 10.1 Å². The minimum absolute atomic E-state index is 0.122. The Morgan fingerprint density at radius 3 is 2.77 bits per heavy atom. The van der Waals surface area contributed by atoms with E-state index in [2.05, 4.69) is 52.2 Å². The Morgan fingerprint density at radius 2 is 2.00 bits per heavy atom. The van der Waals surface area contributed by atoms with E-state index in [1.807, 2.05) is 12.1 Å². The molecule has 0 amide bonds. The Balaban J connectivity index is 1.69. The summed E-state index contributed by atoms with van der Waals surface area (Å²) in [4.78, 5) is 0. The van der Waals surface area contributed by atoms with Crippen LogP contribution >= 0.6 is 22.6 Å². The zero-order chi connectivity index (χ0) is 15.4. The summed E-state index contributed by atoms with van der Waals surface area (Å²) in [5.41, 5.74) is 2.14. The summed E-state index contributed by atoms with van der Waals surface area (Å²) in [5, 5.41) is 3.54. The number of rotatable bonds is 4. The van der Waals surface area contributed by atoms with Crippen LogP contribution in [0.5, 0.6) is 0 Å². The van der Waals surface area contributed by atoms with Crippen molar-refractivity contribution in [1.82, 2.24) is 5.32 Å². The van der Waals surface area contributed by atoms with Crippen LogP contribution in [0.1, 0.15) is 30.0 Å². The van der Waals surface area contributed by atoms with Gasteiger partial charge in [0.05, 0.1) is 18.8 Å². The van der Waals surface area contributed by atoms with Crippen molar-refractivity contribution in [2.75, 3.05) is 6.54 Å². The van der Waals surface area contributed by atoms with E-state index in [4.69, 9.17) is 4.74 Å². The highest BCUT2D eigenvalue weighted by molar-refractivity contribution is 14.1. The molecule has 1 heterocycles. The first kappa shape index (κ1) is 15.9. The molecule has 2 aromatic carbocycles. The summed E-state index contributed by atoms with van der Waals surface area (Å²) in [6.07, 6.45) is 2.25. The lowest BCUT2D eigenvalue weighted by molar-refractivity contribution is -0.00367. The average molecular weight is 411 g/mol. The molecule has 1 N–H and O–H groups in total. The number of nitrogens with one attached hydrogen (secondary N) is 1. The van der Waals surface area contributed by atoms with Crippen LogP contribution in [-0.2, 0) is 11.3 Å². The van der Waals surface area contributed by atoms with Crippen molar-refractivity contribution in [2.45, 2.75) is 31.6 Å². The quantitative estimate of drug-likeness (QED) is 0.752. The van der Waals surface area contributed by atoms with Crippen molar-refractivity contribution in [3.8, 4) is 0 Å². The first-order chi connectivity index (χ1) is 10.7. The summed E-state index contributed by atoms with van der Waals surface area (Å²) in [7, 11) is 0. The minimum atomic E-state index is -0.202. The molecule has 3 rings (SSSR count). The molecule has 0 radical (unpaired) electrons. The predicted molar refractivity (Wildman–Crippen MR) is 94.1 cm³/mol. The fourth-order valence-electron chi connectivity index (χ4n) is 2.93. The molecule has 0 unspecified atom stereocenters. The van der Waals surface area contributed by atoms with Crippen molar-refractivity contribution in [1.29, 1.82) is 0 Å². The maximum Gasteiger partial charge on any atom is 0.124 e. The lowest BCUT2D eigenvalue weighted by Gasteiger charge is -2.33. The van der Waals surface area contributed by atoms with Crippen LogP contribution in [0, 0.1) is 9.39 Å². The Kier molecular flexibility index (Phi) is 5.44. The normalized spacial score (nSPS) is 21.7. The van der Waals surface area contributed by atoms with Crippen molar-refractivity contribution < 1.29 is 9.13 Å². The highest BCUT2D eigenvalue weighted by atomic mass is 127. The van der Waals surface area contributed by atoms with E-state index in [9.17, 15) is 4.39 Å². The standard InChI is InChI=1S/C18H19FINO/c19-15-9-13(10-16(20)11-15)12-22-17-7-4-8-21-18(17)14-5-2-1-3-6-14/h1-3,5-6,9-11,17-18,21H,4,7-8,12H2/t17-,18-/m0/s1. The van der Waals surface area contributed by atoms with Crippen molar-refractivity contribution in [3.63, 3.8) is 0 Å². The first-order valence-corrected chi connectivity index (χ1v) is 8.65. The summed E-state index contributed by atoms with van der Waals surface area (Å²) in [6, 6.07) is 15.6. The largest absolute Gasteiger partial charge is 0.372 e. The van der Waals surface area contributed by atoms with E-state index in [0.29, 0.717) is 6.61 Å². The van der Waals surface area contributed by atoms with Crippen LogP contribution in [0.2, 0.25) is 0 Å². The van der Waals surface area contributed by atoms with Gasteiger partial charge in [-0.25, -0.2) is 4.39 Å². The predicted octanol–water partition coefficient (Wildman–Crippen LogP) is 4.44. The van der Waals surface area contributed by atoms with Gasteiger partial charge in [-0.1, -0.05) is 30.3 Å². The number of ether oxygens (including phenoxy) is 1. The maximum atomic E-state index is 13.5. The van der Waals surface area contributed by atoms with Crippen molar-refractivity contribution in [2.24, 2.45) is 0 Å². The molecule has 22 heavy (non-hydrogen) atoms. The fourth-order valence-corrected chi connectivity index (χ4v) is 3.63. The van der Waals surface area contributed by atoms with Crippen LogP contribution < -0.4 is 5.32 Å². The van der Waals surface area contributed by atoms with E-state index < -0.39 is 0 Å². The van der Waals surface area contributed by atoms with E-state index >= 15 is 0 Å². The Morgan fingerprint density at radius 1 is 1.18 bits per heavy atom. The summed E-state index contributed by atoms with van der Waals surface area (Å²) < 4.78 is 20.5.